The van der Waals surface area contributed by atoms with Crippen molar-refractivity contribution in [2.45, 2.75) is 52.8 Å². The van der Waals surface area contributed by atoms with Crippen LogP contribution in [-0.4, -0.2) is 70.9 Å². The van der Waals surface area contributed by atoms with E-state index in [1.54, 1.807) is 0 Å². The number of amides is 1. The van der Waals surface area contributed by atoms with Crippen LogP contribution in [0.5, 0.6) is 0 Å². The van der Waals surface area contributed by atoms with Crippen LogP contribution in [-0.2, 0) is 22.6 Å². The van der Waals surface area contributed by atoms with Crippen LogP contribution in [0, 0.1) is 32.1 Å². The molecule has 1 amide bonds. The van der Waals surface area contributed by atoms with Crippen molar-refractivity contribution in [2.75, 3.05) is 44.6 Å². The lowest BCUT2D eigenvalue weighted by Gasteiger charge is -2.33. The molecule has 2 aromatic heterocycles. The maximum Gasteiger partial charge on any atom is 0.239 e. The Balaban J connectivity index is 1.35. The summed E-state index contributed by atoms with van der Waals surface area (Å²) in [6.45, 7) is 11.7. The van der Waals surface area contributed by atoms with Crippen LogP contribution in [0.2, 0.25) is 0 Å². The van der Waals surface area contributed by atoms with Gasteiger partial charge in [0.1, 0.15) is 17.6 Å². The molecular weight excluding hydrogens is 408 g/mol. The molecule has 2 fully saturated rings. The van der Waals surface area contributed by atoms with E-state index >= 15 is 0 Å². The summed E-state index contributed by atoms with van der Waals surface area (Å²) in [5, 5.41) is 16.8. The van der Waals surface area contributed by atoms with Gasteiger partial charge in [0.2, 0.25) is 5.91 Å². The van der Waals surface area contributed by atoms with Crippen LogP contribution < -0.4 is 5.32 Å². The monoisotopic (exact) mass is 440 g/mol. The number of nitrogens with zero attached hydrogens (tertiary/aromatic N) is 5. The van der Waals surface area contributed by atoms with Crippen LogP contribution in [0.1, 0.15) is 41.1 Å². The highest BCUT2D eigenvalue weighted by molar-refractivity contribution is 5.93. The second kappa shape index (κ2) is 9.86. The van der Waals surface area contributed by atoms with E-state index < -0.39 is 0 Å². The Kier molecular flexibility index (Phi) is 6.94. The molecule has 9 nitrogen and oxygen atoms in total. The minimum Gasteiger partial charge on any atom is -0.376 e. The summed E-state index contributed by atoms with van der Waals surface area (Å²) < 4.78 is 13.0. The van der Waals surface area contributed by atoms with E-state index in [-0.39, 0.29) is 12.0 Å². The molecule has 2 aliphatic heterocycles. The standard InChI is InChI=1S/C23H32N6O3/c1-16-11-19(26-32-16)13-27-6-8-28(9-7-27)15-22(30)25-23-21(12-24)17(2)18(3)29(23)14-20-5-4-10-31-20/h11,20H,4-10,13-15H2,1-3H3,(H,25,30). The number of hydrogen-bond donors (Lipinski definition) is 1. The van der Waals surface area contributed by atoms with Gasteiger partial charge in [0.25, 0.3) is 0 Å². The molecule has 1 unspecified atom stereocenters. The van der Waals surface area contributed by atoms with Crippen molar-refractivity contribution in [1.82, 2.24) is 19.5 Å². The number of carbonyl (C=O) groups excluding carboxylic acids is 1. The number of piperazine rings is 1. The Morgan fingerprint density at radius 1 is 1.25 bits per heavy atom. The number of hydrogen-bond acceptors (Lipinski definition) is 7. The summed E-state index contributed by atoms with van der Waals surface area (Å²) in [7, 11) is 0. The van der Waals surface area contributed by atoms with Gasteiger partial charge in [0, 0.05) is 51.1 Å². The zero-order valence-corrected chi connectivity index (χ0v) is 19.2. The Bertz CT molecular complexity index is 990. The Morgan fingerprint density at radius 3 is 2.62 bits per heavy atom. The first-order valence-corrected chi connectivity index (χ1v) is 11.3. The maximum absolute atomic E-state index is 12.9. The van der Waals surface area contributed by atoms with Gasteiger partial charge >= 0.3 is 0 Å². The molecule has 9 heteroatoms. The van der Waals surface area contributed by atoms with E-state index in [9.17, 15) is 10.1 Å². The Morgan fingerprint density at radius 2 is 2.00 bits per heavy atom. The van der Waals surface area contributed by atoms with Crippen molar-refractivity contribution in [3.8, 4) is 6.07 Å². The van der Waals surface area contributed by atoms with Crippen molar-refractivity contribution < 1.29 is 14.1 Å². The van der Waals surface area contributed by atoms with Gasteiger partial charge in [-0.3, -0.25) is 14.6 Å². The van der Waals surface area contributed by atoms with Gasteiger partial charge in [-0.2, -0.15) is 5.26 Å². The normalized spacial score (nSPS) is 19.9. The third-order valence-corrected chi connectivity index (χ3v) is 6.50. The molecule has 0 saturated carbocycles. The first-order valence-electron chi connectivity index (χ1n) is 11.3. The molecule has 1 N–H and O–H groups in total. The molecule has 0 spiro atoms. The van der Waals surface area contributed by atoms with Gasteiger partial charge in [-0.1, -0.05) is 5.16 Å². The summed E-state index contributed by atoms with van der Waals surface area (Å²) >= 11 is 0. The average molecular weight is 441 g/mol. The van der Waals surface area contributed by atoms with E-state index in [1.807, 2.05) is 31.4 Å². The second-order valence-corrected chi connectivity index (χ2v) is 8.82. The van der Waals surface area contributed by atoms with E-state index in [0.29, 0.717) is 24.5 Å². The summed E-state index contributed by atoms with van der Waals surface area (Å²) in [5.41, 5.74) is 3.40. The number of nitriles is 1. The van der Waals surface area contributed by atoms with E-state index in [2.05, 4.69) is 26.3 Å². The molecular formula is C23H32N6O3. The van der Waals surface area contributed by atoms with Crippen molar-refractivity contribution in [3.05, 3.63) is 34.3 Å². The molecule has 32 heavy (non-hydrogen) atoms. The molecule has 0 radical (unpaired) electrons. The highest BCUT2D eigenvalue weighted by atomic mass is 16.5. The van der Waals surface area contributed by atoms with Gasteiger partial charge in [-0.05, 0) is 39.2 Å². The lowest BCUT2D eigenvalue weighted by Crippen LogP contribution is -2.48. The third kappa shape index (κ3) is 5.04. The predicted octanol–water partition coefficient (Wildman–Crippen LogP) is 2.21. The molecule has 172 valence electrons. The molecule has 1 atom stereocenters. The van der Waals surface area contributed by atoms with Gasteiger partial charge in [-0.25, -0.2) is 0 Å². The molecule has 2 aliphatic rings. The zero-order valence-electron chi connectivity index (χ0n) is 19.2. The lowest BCUT2D eigenvalue weighted by molar-refractivity contribution is -0.117. The van der Waals surface area contributed by atoms with Crippen molar-refractivity contribution >= 4 is 11.7 Å². The number of carbonyl (C=O) groups is 1. The largest absolute Gasteiger partial charge is 0.376 e. The molecule has 0 aromatic carbocycles. The number of aryl methyl sites for hydroxylation is 1. The summed E-state index contributed by atoms with van der Waals surface area (Å²) in [6, 6.07) is 4.24. The highest BCUT2D eigenvalue weighted by Crippen LogP contribution is 2.28. The maximum atomic E-state index is 12.9. The number of rotatable bonds is 7. The van der Waals surface area contributed by atoms with Crippen LogP contribution in [0.25, 0.3) is 0 Å². The van der Waals surface area contributed by atoms with E-state index in [1.165, 1.54) is 0 Å². The van der Waals surface area contributed by atoms with Crippen molar-refractivity contribution in [1.29, 1.82) is 5.26 Å². The molecule has 4 rings (SSSR count). The van der Waals surface area contributed by atoms with Crippen LogP contribution in [0.4, 0.5) is 5.82 Å². The first kappa shape index (κ1) is 22.5. The number of ether oxygens (including phenoxy) is 1. The fourth-order valence-corrected chi connectivity index (χ4v) is 4.55. The van der Waals surface area contributed by atoms with Gasteiger partial charge in [0.15, 0.2) is 0 Å². The van der Waals surface area contributed by atoms with Crippen LogP contribution in [0.3, 0.4) is 0 Å². The second-order valence-electron chi connectivity index (χ2n) is 8.82. The number of aromatic nitrogens is 2. The summed E-state index contributed by atoms with van der Waals surface area (Å²) in [5.74, 6) is 1.33. The highest BCUT2D eigenvalue weighted by Gasteiger charge is 2.25. The predicted molar refractivity (Wildman–Crippen MR) is 119 cm³/mol. The molecule has 0 bridgehead atoms. The lowest BCUT2D eigenvalue weighted by atomic mass is 10.2. The van der Waals surface area contributed by atoms with E-state index in [0.717, 1.165) is 74.9 Å². The van der Waals surface area contributed by atoms with E-state index in [4.69, 9.17) is 9.26 Å². The average Bonchev–Trinajstić information content (AvgIpc) is 3.48. The molecule has 2 saturated heterocycles. The van der Waals surface area contributed by atoms with Gasteiger partial charge in [-0.15, -0.1) is 0 Å². The minimum absolute atomic E-state index is 0.0897. The summed E-state index contributed by atoms with van der Waals surface area (Å²) in [4.78, 5) is 17.4. The van der Waals surface area contributed by atoms with Gasteiger partial charge in [0.05, 0.1) is 30.5 Å². The fraction of sp³-hybridized carbons (Fsp3) is 0.609. The van der Waals surface area contributed by atoms with Crippen molar-refractivity contribution in [3.63, 3.8) is 0 Å². The number of anilines is 1. The summed E-state index contributed by atoms with van der Waals surface area (Å²) in [6.07, 6.45) is 2.19. The van der Waals surface area contributed by atoms with Crippen LogP contribution >= 0.6 is 0 Å². The smallest absolute Gasteiger partial charge is 0.239 e. The zero-order chi connectivity index (χ0) is 22.7. The Labute approximate surface area is 188 Å². The van der Waals surface area contributed by atoms with Crippen LogP contribution in [0.15, 0.2) is 10.6 Å². The number of nitrogens with one attached hydrogen (secondary N) is 1. The molecule has 2 aromatic rings. The quantitative estimate of drug-likeness (QED) is 0.705. The van der Waals surface area contributed by atoms with Gasteiger partial charge < -0.3 is 19.1 Å². The minimum atomic E-state index is -0.0897. The van der Waals surface area contributed by atoms with Crippen molar-refractivity contribution in [2.24, 2.45) is 0 Å². The Hall–Kier alpha value is -2.67. The fourth-order valence-electron chi connectivity index (χ4n) is 4.55. The first-order chi connectivity index (χ1) is 15.4. The third-order valence-electron chi connectivity index (χ3n) is 6.50. The molecule has 4 heterocycles. The SMILES string of the molecule is Cc1cc(CN2CCN(CC(=O)Nc3c(C#N)c(C)c(C)n3CC3CCCO3)CC2)no1. The molecule has 0 aliphatic carbocycles. The topological polar surface area (TPSA) is 99.6 Å².